The molecule has 0 unspecified atom stereocenters. The second-order valence-corrected chi connectivity index (χ2v) is 9.38. The summed E-state index contributed by atoms with van der Waals surface area (Å²) in [5, 5.41) is 50.1. The summed E-state index contributed by atoms with van der Waals surface area (Å²) in [6, 6.07) is 9.31. The van der Waals surface area contributed by atoms with Crippen LogP contribution in [0, 0.1) is 20.2 Å². The Hall–Kier alpha value is -4.22. The molecular formula is C24H30ClN9O7. The molecule has 6 heterocycles. The molecule has 3 aromatic rings. The maximum atomic E-state index is 10.6. The van der Waals surface area contributed by atoms with Crippen LogP contribution in [0.15, 0.2) is 55.0 Å². The van der Waals surface area contributed by atoms with Crippen LogP contribution < -0.4 is 20.9 Å². The van der Waals surface area contributed by atoms with E-state index in [1.54, 1.807) is 17.2 Å². The zero-order chi connectivity index (χ0) is 29.9. The lowest BCUT2D eigenvalue weighted by Crippen LogP contribution is -2.51. The molecule has 0 amide bonds. The second kappa shape index (κ2) is 15.0. The molecule has 16 nitrogen and oxygen atoms in total. The fourth-order valence-corrected chi connectivity index (χ4v) is 3.68. The Kier molecular flexibility index (Phi) is 11.4. The lowest BCUT2D eigenvalue weighted by molar-refractivity contribution is -0.385. The minimum absolute atomic E-state index is 0.0144. The van der Waals surface area contributed by atoms with Gasteiger partial charge in [-0.3, -0.25) is 20.2 Å². The Morgan fingerprint density at radius 1 is 0.780 bits per heavy atom. The fourth-order valence-electron chi connectivity index (χ4n) is 3.49. The number of nitrogens with one attached hydrogen (secondary N) is 1. The van der Waals surface area contributed by atoms with Gasteiger partial charge in [-0.2, -0.15) is 0 Å². The van der Waals surface area contributed by atoms with Crippen molar-refractivity contribution in [3.8, 4) is 0 Å². The van der Waals surface area contributed by atoms with Crippen LogP contribution >= 0.6 is 11.6 Å². The van der Waals surface area contributed by atoms with Crippen molar-refractivity contribution >= 4 is 40.3 Å². The van der Waals surface area contributed by atoms with Crippen molar-refractivity contribution in [3.05, 3.63) is 80.4 Å². The van der Waals surface area contributed by atoms with Gasteiger partial charge in [0, 0.05) is 70.0 Å². The minimum Gasteiger partial charge on any atom is -0.396 e. The molecule has 3 aromatic heterocycles. The molecule has 3 aliphatic rings. The zero-order valence-corrected chi connectivity index (χ0v) is 22.5. The molecule has 41 heavy (non-hydrogen) atoms. The molecule has 220 valence electrons. The van der Waals surface area contributed by atoms with E-state index in [0.29, 0.717) is 37.7 Å². The van der Waals surface area contributed by atoms with Crippen LogP contribution in [0.2, 0.25) is 5.15 Å². The quantitative estimate of drug-likeness (QED) is 0.159. The summed E-state index contributed by atoms with van der Waals surface area (Å²) in [4.78, 5) is 34.9. The Morgan fingerprint density at radius 2 is 1.22 bits per heavy atom. The van der Waals surface area contributed by atoms with E-state index in [-0.39, 0.29) is 28.7 Å². The van der Waals surface area contributed by atoms with Crippen molar-refractivity contribution < 1.29 is 25.2 Å². The molecule has 0 spiro atoms. The predicted molar refractivity (Wildman–Crippen MR) is 151 cm³/mol. The minimum atomic E-state index is -0.574. The van der Waals surface area contributed by atoms with Gasteiger partial charge >= 0.3 is 11.4 Å². The highest BCUT2D eigenvalue weighted by molar-refractivity contribution is 6.31. The van der Waals surface area contributed by atoms with Gasteiger partial charge in [-0.25, -0.2) is 15.0 Å². The maximum absolute atomic E-state index is 10.6. The van der Waals surface area contributed by atoms with Gasteiger partial charge in [0.05, 0.1) is 33.8 Å². The average Bonchev–Trinajstić information content (AvgIpc) is 2.90. The Bertz CT molecular complexity index is 1310. The normalized spacial score (nSPS) is 16.2. The first-order valence-electron chi connectivity index (χ1n) is 12.4. The van der Waals surface area contributed by atoms with Crippen LogP contribution in [-0.2, 0) is 0 Å². The number of β-amino-alcohol motifs (C(OH)–C–C–N with tert-alkyl or cyclic N) is 3. The standard InChI is InChI=1S/C8H9N3O3.C8H11N3O.C5H3ClN2O2.C3H7NO/c12-6-4-10(5-6)8-7(11(13)14)2-1-3-9-8;9-7-2-1-3-10-8(7)11-4-6(12)5-11;6-5-4(8(9)10)2-1-3-7-5;5-3-1-4-2-3/h1-3,6,12H,4-5H2;1-3,6,12H,4-5,9H2;1-3H;3-5H,1-2H2. The van der Waals surface area contributed by atoms with Gasteiger partial charge < -0.3 is 36.2 Å². The van der Waals surface area contributed by atoms with Gasteiger partial charge in [-0.1, -0.05) is 11.6 Å². The van der Waals surface area contributed by atoms with Crippen molar-refractivity contribution in [3.63, 3.8) is 0 Å². The number of rotatable bonds is 4. The van der Waals surface area contributed by atoms with Crippen molar-refractivity contribution in [2.45, 2.75) is 18.3 Å². The molecule has 3 aliphatic heterocycles. The first-order chi connectivity index (χ1) is 19.6. The third-order valence-corrected chi connectivity index (χ3v) is 6.09. The molecule has 0 radical (unpaired) electrons. The van der Waals surface area contributed by atoms with Gasteiger partial charge in [0.1, 0.15) is 0 Å². The van der Waals surface area contributed by atoms with E-state index in [1.165, 1.54) is 36.7 Å². The smallest absolute Gasteiger partial charge is 0.311 e. The lowest BCUT2D eigenvalue weighted by Gasteiger charge is -2.37. The number of aliphatic hydroxyl groups is 3. The van der Waals surface area contributed by atoms with Crippen LogP contribution in [0.5, 0.6) is 0 Å². The van der Waals surface area contributed by atoms with Crippen molar-refractivity contribution in [2.24, 2.45) is 0 Å². The van der Waals surface area contributed by atoms with Gasteiger partial charge in [-0.05, 0) is 24.3 Å². The van der Waals surface area contributed by atoms with E-state index >= 15 is 0 Å². The van der Waals surface area contributed by atoms with Crippen LogP contribution in [0.4, 0.5) is 28.7 Å². The zero-order valence-electron chi connectivity index (χ0n) is 21.7. The second-order valence-electron chi connectivity index (χ2n) is 9.02. The number of aromatic nitrogens is 3. The molecule has 3 saturated heterocycles. The lowest BCUT2D eigenvalue weighted by atomic mass is 10.1. The molecule has 0 atom stereocenters. The van der Waals surface area contributed by atoms with E-state index in [9.17, 15) is 20.2 Å². The highest BCUT2D eigenvalue weighted by Crippen LogP contribution is 2.28. The van der Waals surface area contributed by atoms with E-state index in [4.69, 9.17) is 32.7 Å². The van der Waals surface area contributed by atoms with Crippen LogP contribution in [-0.4, -0.2) is 97.7 Å². The largest absolute Gasteiger partial charge is 0.396 e. The van der Waals surface area contributed by atoms with E-state index in [0.717, 1.165) is 18.9 Å². The monoisotopic (exact) mass is 591 g/mol. The number of halogens is 1. The Labute approximate surface area is 239 Å². The molecule has 0 saturated carbocycles. The van der Waals surface area contributed by atoms with Gasteiger partial charge in [-0.15, -0.1) is 0 Å². The highest BCUT2D eigenvalue weighted by Gasteiger charge is 2.30. The van der Waals surface area contributed by atoms with Crippen LogP contribution in [0.1, 0.15) is 0 Å². The summed E-state index contributed by atoms with van der Waals surface area (Å²) >= 11 is 5.37. The number of pyridine rings is 3. The van der Waals surface area contributed by atoms with E-state index in [1.807, 2.05) is 11.0 Å². The SMILES string of the molecule is Nc1cccnc1N1CC(O)C1.O=[N+]([O-])c1cccnc1Cl.O=[N+]([O-])c1cccnc1N1CC(O)C1.OC1CNC1. The molecule has 6 rings (SSSR count). The number of nitrogen functional groups attached to an aromatic ring is 1. The first kappa shape index (κ1) is 31.3. The average molecular weight is 592 g/mol. The number of nitro groups is 2. The molecular weight excluding hydrogens is 562 g/mol. The molecule has 3 fully saturated rings. The summed E-state index contributed by atoms with van der Waals surface area (Å²) < 4.78 is 0. The van der Waals surface area contributed by atoms with E-state index < -0.39 is 16.0 Å². The number of hydrogen-bond donors (Lipinski definition) is 5. The van der Waals surface area contributed by atoms with Crippen LogP contribution in [0.3, 0.4) is 0 Å². The van der Waals surface area contributed by atoms with Gasteiger partial charge in [0.25, 0.3) is 0 Å². The number of hydrogen-bond acceptors (Lipinski definition) is 14. The summed E-state index contributed by atoms with van der Waals surface area (Å²) in [5.74, 6) is 1.12. The van der Waals surface area contributed by atoms with Crippen molar-refractivity contribution in [1.29, 1.82) is 0 Å². The van der Waals surface area contributed by atoms with Gasteiger partial charge in [0.2, 0.25) is 11.0 Å². The number of nitrogens with two attached hydrogens (primary N) is 1. The predicted octanol–water partition coefficient (Wildman–Crippen LogP) is 0.609. The van der Waals surface area contributed by atoms with Crippen LogP contribution in [0.25, 0.3) is 0 Å². The maximum Gasteiger partial charge on any atom is 0.311 e. The summed E-state index contributed by atoms with van der Waals surface area (Å²) in [6.07, 6.45) is 3.96. The third kappa shape index (κ3) is 9.16. The van der Waals surface area contributed by atoms with Crippen molar-refractivity contribution in [1.82, 2.24) is 20.3 Å². The summed E-state index contributed by atoms with van der Waals surface area (Å²) in [7, 11) is 0. The summed E-state index contributed by atoms with van der Waals surface area (Å²) in [5.41, 5.74) is 6.18. The van der Waals surface area contributed by atoms with Gasteiger partial charge in [0.15, 0.2) is 5.82 Å². The Balaban J connectivity index is 0.000000158. The Morgan fingerprint density at radius 3 is 1.61 bits per heavy atom. The molecule has 0 aromatic carbocycles. The van der Waals surface area contributed by atoms with Crippen molar-refractivity contribution in [2.75, 3.05) is 54.8 Å². The molecule has 0 bridgehead atoms. The number of nitrogens with zero attached hydrogens (tertiary/aromatic N) is 7. The molecule has 17 heteroatoms. The molecule has 0 aliphatic carbocycles. The van der Waals surface area contributed by atoms with E-state index in [2.05, 4.69) is 20.3 Å². The topological polar surface area (TPSA) is 230 Å². The number of aliphatic hydroxyl groups excluding tert-OH is 3. The third-order valence-electron chi connectivity index (χ3n) is 5.80. The number of anilines is 3. The summed E-state index contributed by atoms with van der Waals surface area (Å²) in [6.45, 7) is 3.69. The fraction of sp³-hybridized carbons (Fsp3) is 0.375. The molecule has 6 N–H and O–H groups in total. The first-order valence-corrected chi connectivity index (χ1v) is 12.7. The highest BCUT2D eigenvalue weighted by atomic mass is 35.5.